The number of anilines is 1. The summed E-state index contributed by atoms with van der Waals surface area (Å²) in [5.41, 5.74) is 4.12. The number of benzene rings is 2. The molecule has 0 saturated carbocycles. The van der Waals surface area contributed by atoms with E-state index < -0.39 is 10.0 Å². The van der Waals surface area contributed by atoms with Gasteiger partial charge in [-0.1, -0.05) is 18.2 Å². The number of nitrogens with two attached hydrogens (primary N) is 1. The highest BCUT2D eigenvalue weighted by molar-refractivity contribution is 7.89. The lowest BCUT2D eigenvalue weighted by Crippen LogP contribution is -2.41. The fourth-order valence-electron chi connectivity index (χ4n) is 3.53. The van der Waals surface area contributed by atoms with Crippen LogP contribution in [0.1, 0.15) is 34.0 Å². The maximum absolute atomic E-state index is 12.6. The number of carbonyl (C=O) groups excluding carboxylic acids is 1. The molecule has 0 spiro atoms. The van der Waals surface area contributed by atoms with Gasteiger partial charge in [0.05, 0.1) is 4.90 Å². The van der Waals surface area contributed by atoms with Crippen molar-refractivity contribution in [3.63, 3.8) is 0 Å². The highest BCUT2D eigenvalue weighted by Crippen LogP contribution is 2.29. The number of fused-ring (bicyclic) bond motifs is 1. The number of aryl methyl sites for hydroxylation is 1. The number of rotatable bonds is 5. The first-order valence-corrected chi connectivity index (χ1v) is 10.5. The van der Waals surface area contributed by atoms with Crippen molar-refractivity contribution in [2.75, 3.05) is 18.0 Å². The average molecular weight is 388 g/mol. The Morgan fingerprint density at radius 1 is 1.26 bits per heavy atom. The molecule has 2 aromatic carbocycles. The largest absolute Gasteiger partial charge is 0.366 e. The standard InChI is InChI=1S/C20H25N3O3S/c1-13-10-17(11-19(15(13)3)27(21,25)26)20(24)22-12-14(2)23-9-8-16-6-4-5-7-18(16)23/h4-7,10-11,14H,8-9,12H2,1-3H3,(H,22,24)(H2,21,25,26). The number of carbonyl (C=O) groups is 1. The molecule has 7 heteroatoms. The zero-order chi connectivity index (χ0) is 19.8. The van der Waals surface area contributed by atoms with Crippen LogP contribution in [0.2, 0.25) is 0 Å². The van der Waals surface area contributed by atoms with Gasteiger partial charge >= 0.3 is 0 Å². The molecule has 0 bridgehead atoms. The molecule has 0 aliphatic carbocycles. The van der Waals surface area contributed by atoms with Crippen LogP contribution < -0.4 is 15.4 Å². The molecule has 27 heavy (non-hydrogen) atoms. The van der Waals surface area contributed by atoms with Gasteiger partial charge in [0.1, 0.15) is 0 Å². The van der Waals surface area contributed by atoms with E-state index in [1.807, 2.05) is 12.1 Å². The van der Waals surface area contributed by atoms with Crippen molar-refractivity contribution in [1.29, 1.82) is 0 Å². The SMILES string of the molecule is Cc1cc(C(=O)NCC(C)N2CCc3ccccc32)cc(S(N)(=O)=O)c1C. The summed E-state index contributed by atoms with van der Waals surface area (Å²) in [5.74, 6) is -0.303. The van der Waals surface area contributed by atoms with Crippen LogP contribution in [0.25, 0.3) is 0 Å². The van der Waals surface area contributed by atoms with Crippen LogP contribution in [0.3, 0.4) is 0 Å². The van der Waals surface area contributed by atoms with Gasteiger partial charge in [0, 0.05) is 30.4 Å². The Balaban J connectivity index is 1.73. The Labute approximate surface area is 160 Å². The Kier molecular flexibility index (Phi) is 5.26. The van der Waals surface area contributed by atoms with Crippen LogP contribution in [0, 0.1) is 13.8 Å². The van der Waals surface area contributed by atoms with E-state index in [1.165, 1.54) is 17.3 Å². The van der Waals surface area contributed by atoms with Gasteiger partial charge in [0.2, 0.25) is 10.0 Å². The number of para-hydroxylation sites is 1. The minimum atomic E-state index is -3.88. The molecule has 1 aliphatic heterocycles. The van der Waals surface area contributed by atoms with E-state index in [-0.39, 0.29) is 16.8 Å². The van der Waals surface area contributed by atoms with Gasteiger partial charge in [0.15, 0.2) is 0 Å². The molecule has 2 aromatic rings. The molecule has 0 fully saturated rings. The van der Waals surface area contributed by atoms with E-state index in [0.717, 1.165) is 13.0 Å². The third kappa shape index (κ3) is 3.99. The van der Waals surface area contributed by atoms with Crippen molar-refractivity contribution in [2.24, 2.45) is 5.14 Å². The van der Waals surface area contributed by atoms with Crippen molar-refractivity contribution >= 4 is 21.6 Å². The maximum atomic E-state index is 12.6. The fraction of sp³-hybridized carbons (Fsp3) is 0.350. The van der Waals surface area contributed by atoms with Crippen LogP contribution in [0.4, 0.5) is 5.69 Å². The van der Waals surface area contributed by atoms with Crippen LogP contribution in [0.15, 0.2) is 41.3 Å². The lowest BCUT2D eigenvalue weighted by molar-refractivity contribution is 0.0951. The average Bonchev–Trinajstić information content (AvgIpc) is 3.04. The maximum Gasteiger partial charge on any atom is 0.251 e. The number of hydrogen-bond acceptors (Lipinski definition) is 4. The summed E-state index contributed by atoms with van der Waals surface area (Å²) in [7, 11) is -3.88. The summed E-state index contributed by atoms with van der Waals surface area (Å²) in [6.07, 6.45) is 1.00. The summed E-state index contributed by atoms with van der Waals surface area (Å²) in [6, 6.07) is 11.5. The summed E-state index contributed by atoms with van der Waals surface area (Å²) in [6.45, 7) is 6.91. The first-order chi connectivity index (χ1) is 12.7. The molecule has 1 heterocycles. The lowest BCUT2D eigenvalue weighted by atomic mass is 10.1. The predicted octanol–water partition coefficient (Wildman–Crippen LogP) is 2.13. The summed E-state index contributed by atoms with van der Waals surface area (Å²) in [4.78, 5) is 14.9. The quantitative estimate of drug-likeness (QED) is 0.822. The summed E-state index contributed by atoms with van der Waals surface area (Å²) in [5, 5.41) is 8.20. The van der Waals surface area contributed by atoms with Gasteiger partial charge in [-0.2, -0.15) is 0 Å². The second-order valence-electron chi connectivity index (χ2n) is 7.09. The van der Waals surface area contributed by atoms with Gasteiger partial charge in [-0.05, 0) is 62.1 Å². The Morgan fingerprint density at radius 3 is 2.67 bits per heavy atom. The Hall–Kier alpha value is -2.38. The minimum Gasteiger partial charge on any atom is -0.366 e. The van der Waals surface area contributed by atoms with Crippen molar-refractivity contribution in [1.82, 2.24) is 5.32 Å². The zero-order valence-electron chi connectivity index (χ0n) is 15.8. The van der Waals surface area contributed by atoms with E-state index >= 15 is 0 Å². The molecular formula is C20H25N3O3S. The molecule has 1 amide bonds. The van der Waals surface area contributed by atoms with Crippen LogP contribution in [-0.4, -0.2) is 33.5 Å². The number of sulfonamides is 1. The number of nitrogens with one attached hydrogen (secondary N) is 1. The van der Waals surface area contributed by atoms with E-state index in [4.69, 9.17) is 5.14 Å². The number of nitrogens with zero attached hydrogens (tertiary/aromatic N) is 1. The fourth-order valence-corrected chi connectivity index (χ4v) is 4.41. The molecule has 1 unspecified atom stereocenters. The van der Waals surface area contributed by atoms with Crippen molar-refractivity contribution in [3.05, 3.63) is 58.7 Å². The monoisotopic (exact) mass is 387 g/mol. The molecule has 3 N–H and O–H groups in total. The third-order valence-corrected chi connectivity index (χ3v) is 6.24. The molecule has 6 nitrogen and oxygen atoms in total. The van der Waals surface area contributed by atoms with Gasteiger partial charge in [-0.3, -0.25) is 4.79 Å². The number of hydrogen-bond donors (Lipinski definition) is 2. The second kappa shape index (κ2) is 7.32. The van der Waals surface area contributed by atoms with Crippen LogP contribution in [0.5, 0.6) is 0 Å². The molecule has 0 aromatic heterocycles. The first kappa shape index (κ1) is 19.4. The normalized spacial score (nSPS) is 14.7. The predicted molar refractivity (Wildman–Crippen MR) is 107 cm³/mol. The van der Waals surface area contributed by atoms with E-state index in [0.29, 0.717) is 23.2 Å². The molecule has 0 saturated heterocycles. The minimum absolute atomic E-state index is 0.00540. The highest BCUT2D eigenvalue weighted by Gasteiger charge is 2.23. The smallest absolute Gasteiger partial charge is 0.251 e. The Morgan fingerprint density at radius 2 is 1.96 bits per heavy atom. The van der Waals surface area contributed by atoms with Crippen LogP contribution in [-0.2, 0) is 16.4 Å². The van der Waals surface area contributed by atoms with Gasteiger partial charge in [-0.25, -0.2) is 13.6 Å². The van der Waals surface area contributed by atoms with Crippen LogP contribution >= 0.6 is 0 Å². The molecule has 0 radical (unpaired) electrons. The van der Waals surface area contributed by atoms with E-state index in [9.17, 15) is 13.2 Å². The molecule has 3 rings (SSSR count). The zero-order valence-corrected chi connectivity index (χ0v) is 16.6. The number of amides is 1. The summed E-state index contributed by atoms with van der Waals surface area (Å²) < 4.78 is 23.6. The van der Waals surface area contributed by atoms with Gasteiger partial charge in [0.25, 0.3) is 5.91 Å². The lowest BCUT2D eigenvalue weighted by Gasteiger charge is -2.27. The molecular weight excluding hydrogens is 362 g/mol. The first-order valence-electron chi connectivity index (χ1n) is 8.95. The second-order valence-corrected chi connectivity index (χ2v) is 8.62. The summed E-state index contributed by atoms with van der Waals surface area (Å²) >= 11 is 0. The van der Waals surface area contributed by atoms with Crippen molar-refractivity contribution in [2.45, 2.75) is 38.1 Å². The molecule has 1 atom stereocenters. The van der Waals surface area contributed by atoms with Gasteiger partial charge in [-0.15, -0.1) is 0 Å². The topological polar surface area (TPSA) is 92.5 Å². The molecule has 1 aliphatic rings. The van der Waals surface area contributed by atoms with Crippen molar-refractivity contribution in [3.8, 4) is 0 Å². The third-order valence-electron chi connectivity index (χ3n) is 5.20. The van der Waals surface area contributed by atoms with Gasteiger partial charge < -0.3 is 10.2 Å². The Bertz CT molecular complexity index is 986. The van der Waals surface area contributed by atoms with Crippen molar-refractivity contribution < 1.29 is 13.2 Å². The molecule has 144 valence electrons. The number of primary sulfonamides is 1. The van der Waals surface area contributed by atoms with E-state index in [2.05, 4.69) is 29.3 Å². The van der Waals surface area contributed by atoms with E-state index in [1.54, 1.807) is 19.9 Å². The highest BCUT2D eigenvalue weighted by atomic mass is 32.2.